The molecule has 0 aliphatic carbocycles. The maximum absolute atomic E-state index is 12.0. The summed E-state index contributed by atoms with van der Waals surface area (Å²) in [6.07, 6.45) is 0.801. The molecule has 0 fully saturated rings. The molecule has 7 nitrogen and oxygen atoms in total. The van der Waals surface area contributed by atoms with Gasteiger partial charge in [0.15, 0.2) is 6.61 Å². The van der Waals surface area contributed by atoms with Crippen LogP contribution in [0.15, 0.2) is 54.6 Å². The molecular weight excluding hydrogens is 346 g/mol. The number of rotatable bonds is 9. The molecule has 3 amide bonds. The highest BCUT2D eigenvalue weighted by Gasteiger charge is 2.07. The fraction of sp³-hybridized carbons (Fsp3) is 0.250. The van der Waals surface area contributed by atoms with Gasteiger partial charge in [0.1, 0.15) is 5.75 Å². The molecule has 142 valence electrons. The van der Waals surface area contributed by atoms with E-state index in [9.17, 15) is 14.4 Å². The maximum Gasteiger partial charge on any atom is 0.257 e. The fourth-order valence-corrected chi connectivity index (χ4v) is 2.25. The highest BCUT2D eigenvalue weighted by Crippen LogP contribution is 2.17. The normalized spacial score (nSPS) is 9.96. The summed E-state index contributed by atoms with van der Waals surface area (Å²) in [5, 5.41) is 8.02. The van der Waals surface area contributed by atoms with E-state index >= 15 is 0 Å². The van der Waals surface area contributed by atoms with Gasteiger partial charge < -0.3 is 20.7 Å². The predicted molar refractivity (Wildman–Crippen MR) is 103 cm³/mol. The van der Waals surface area contributed by atoms with Crippen LogP contribution in [-0.4, -0.2) is 37.9 Å². The van der Waals surface area contributed by atoms with E-state index in [1.165, 1.54) is 7.05 Å². The van der Waals surface area contributed by atoms with Crippen molar-refractivity contribution in [3.05, 3.63) is 60.2 Å². The number of hydrogen-bond donors (Lipinski definition) is 3. The van der Waals surface area contributed by atoms with Crippen LogP contribution in [0, 0.1) is 0 Å². The molecule has 0 radical (unpaired) electrons. The lowest BCUT2D eigenvalue weighted by atomic mass is 10.2. The smallest absolute Gasteiger partial charge is 0.257 e. The molecule has 2 aromatic carbocycles. The average Bonchev–Trinajstić information content (AvgIpc) is 2.70. The molecule has 7 heteroatoms. The molecule has 2 aromatic rings. The third-order valence-corrected chi connectivity index (χ3v) is 3.67. The molecule has 0 aromatic heterocycles. The lowest BCUT2D eigenvalue weighted by Crippen LogP contribution is -2.25. The predicted octanol–water partition coefficient (Wildman–Crippen LogP) is 1.96. The number of hydrogen-bond acceptors (Lipinski definition) is 4. The van der Waals surface area contributed by atoms with Crippen molar-refractivity contribution < 1.29 is 19.1 Å². The van der Waals surface area contributed by atoms with Crippen molar-refractivity contribution in [2.24, 2.45) is 0 Å². The molecule has 0 heterocycles. The summed E-state index contributed by atoms with van der Waals surface area (Å²) in [7, 11) is 1.53. The molecule has 3 N–H and O–H groups in total. The zero-order valence-corrected chi connectivity index (χ0v) is 15.2. The van der Waals surface area contributed by atoms with E-state index < -0.39 is 0 Å². The van der Waals surface area contributed by atoms with Crippen molar-refractivity contribution in [2.75, 3.05) is 25.5 Å². The van der Waals surface area contributed by atoms with Crippen LogP contribution in [0.5, 0.6) is 5.75 Å². The Hall–Kier alpha value is -3.35. The SMILES string of the molecule is CNC(=O)COc1cccc(NC(=O)CCCNC(=O)c2ccccc2)c1. The van der Waals surface area contributed by atoms with Gasteiger partial charge in [-0.15, -0.1) is 0 Å². The van der Waals surface area contributed by atoms with Gasteiger partial charge in [0, 0.05) is 37.3 Å². The first-order valence-corrected chi connectivity index (χ1v) is 8.65. The van der Waals surface area contributed by atoms with Crippen molar-refractivity contribution in [3.8, 4) is 5.75 Å². The lowest BCUT2D eigenvalue weighted by Gasteiger charge is -2.09. The Morgan fingerprint density at radius 2 is 1.74 bits per heavy atom. The number of nitrogens with one attached hydrogen (secondary N) is 3. The van der Waals surface area contributed by atoms with Crippen molar-refractivity contribution in [2.45, 2.75) is 12.8 Å². The molecule has 0 saturated carbocycles. The van der Waals surface area contributed by atoms with Crippen molar-refractivity contribution in [1.29, 1.82) is 0 Å². The zero-order chi connectivity index (χ0) is 19.5. The van der Waals surface area contributed by atoms with Gasteiger partial charge in [0.25, 0.3) is 11.8 Å². The monoisotopic (exact) mass is 369 g/mol. The van der Waals surface area contributed by atoms with Gasteiger partial charge in [-0.2, -0.15) is 0 Å². The molecule has 0 bridgehead atoms. The number of carbonyl (C=O) groups is 3. The van der Waals surface area contributed by atoms with E-state index in [1.807, 2.05) is 6.07 Å². The molecule has 0 unspecified atom stereocenters. The van der Waals surface area contributed by atoms with Gasteiger partial charge in [0.05, 0.1) is 0 Å². The summed E-state index contributed by atoms with van der Waals surface area (Å²) in [6.45, 7) is 0.325. The minimum absolute atomic E-state index is 0.0883. The largest absolute Gasteiger partial charge is 0.484 e. The van der Waals surface area contributed by atoms with E-state index in [0.29, 0.717) is 30.0 Å². The Morgan fingerprint density at radius 3 is 2.48 bits per heavy atom. The van der Waals surface area contributed by atoms with Gasteiger partial charge in [0.2, 0.25) is 5.91 Å². The van der Waals surface area contributed by atoms with E-state index in [1.54, 1.807) is 48.5 Å². The number of anilines is 1. The summed E-state index contributed by atoms with van der Waals surface area (Å²) >= 11 is 0. The molecule has 0 atom stereocenters. The second kappa shape index (κ2) is 10.6. The third kappa shape index (κ3) is 7.19. The van der Waals surface area contributed by atoms with Crippen LogP contribution in [0.25, 0.3) is 0 Å². The average molecular weight is 369 g/mol. The highest BCUT2D eigenvalue weighted by molar-refractivity contribution is 5.94. The van der Waals surface area contributed by atoms with Crippen LogP contribution in [0.2, 0.25) is 0 Å². The third-order valence-electron chi connectivity index (χ3n) is 3.67. The summed E-state index contributed by atoms with van der Waals surface area (Å²) in [5.41, 5.74) is 1.18. The van der Waals surface area contributed by atoms with E-state index in [-0.39, 0.29) is 30.7 Å². The highest BCUT2D eigenvalue weighted by atomic mass is 16.5. The standard InChI is InChI=1S/C20H23N3O4/c1-21-19(25)14-27-17-10-5-9-16(13-17)23-18(24)11-6-12-22-20(26)15-7-3-2-4-8-15/h2-5,7-10,13H,6,11-12,14H2,1H3,(H,21,25)(H,22,26)(H,23,24). The van der Waals surface area contributed by atoms with E-state index in [0.717, 1.165) is 0 Å². The summed E-state index contributed by atoms with van der Waals surface area (Å²) < 4.78 is 5.34. The van der Waals surface area contributed by atoms with E-state index in [2.05, 4.69) is 16.0 Å². The summed E-state index contributed by atoms with van der Waals surface area (Å²) in [4.78, 5) is 35.1. The van der Waals surface area contributed by atoms with Crippen molar-refractivity contribution in [1.82, 2.24) is 10.6 Å². The second-order valence-corrected chi connectivity index (χ2v) is 5.76. The minimum Gasteiger partial charge on any atom is -0.484 e. The summed E-state index contributed by atoms with van der Waals surface area (Å²) in [5.74, 6) is -0.0575. The Kier molecular flexibility index (Phi) is 7.84. The number of amides is 3. The molecule has 27 heavy (non-hydrogen) atoms. The molecule has 0 aliphatic rings. The van der Waals surface area contributed by atoms with E-state index in [4.69, 9.17) is 4.74 Å². The number of carbonyl (C=O) groups excluding carboxylic acids is 3. The van der Waals surface area contributed by atoms with Crippen LogP contribution in [0.4, 0.5) is 5.69 Å². The number of ether oxygens (including phenoxy) is 1. The molecule has 0 saturated heterocycles. The van der Waals surface area contributed by atoms with Crippen LogP contribution in [-0.2, 0) is 9.59 Å². The molecular formula is C20H23N3O4. The van der Waals surface area contributed by atoms with Crippen molar-refractivity contribution >= 4 is 23.4 Å². The van der Waals surface area contributed by atoms with Gasteiger partial charge >= 0.3 is 0 Å². The Bertz CT molecular complexity index is 778. The Morgan fingerprint density at radius 1 is 0.963 bits per heavy atom. The van der Waals surface area contributed by atoms with Crippen molar-refractivity contribution in [3.63, 3.8) is 0 Å². The van der Waals surface area contributed by atoms with Gasteiger partial charge in [-0.25, -0.2) is 0 Å². The zero-order valence-electron chi connectivity index (χ0n) is 15.2. The van der Waals surface area contributed by atoms with Gasteiger partial charge in [-0.3, -0.25) is 14.4 Å². The van der Waals surface area contributed by atoms with Gasteiger partial charge in [-0.05, 0) is 30.7 Å². The number of benzene rings is 2. The lowest BCUT2D eigenvalue weighted by molar-refractivity contribution is -0.122. The number of likely N-dealkylation sites (N-methyl/N-ethyl adjacent to an activating group) is 1. The fourth-order valence-electron chi connectivity index (χ4n) is 2.25. The molecule has 0 spiro atoms. The van der Waals surface area contributed by atoms with Gasteiger partial charge in [-0.1, -0.05) is 24.3 Å². The minimum atomic E-state index is -0.234. The first-order valence-electron chi connectivity index (χ1n) is 8.65. The van der Waals surface area contributed by atoms with Crippen LogP contribution in [0.1, 0.15) is 23.2 Å². The Labute approximate surface area is 158 Å². The first kappa shape index (κ1) is 20.0. The Balaban J connectivity index is 1.71. The second-order valence-electron chi connectivity index (χ2n) is 5.76. The quantitative estimate of drug-likeness (QED) is 0.589. The molecule has 0 aliphatic heterocycles. The maximum atomic E-state index is 12.0. The van der Waals surface area contributed by atoms with Crippen LogP contribution >= 0.6 is 0 Å². The summed E-state index contributed by atoms with van der Waals surface area (Å²) in [6, 6.07) is 15.7. The van der Waals surface area contributed by atoms with Crippen LogP contribution in [0.3, 0.4) is 0 Å². The molecule has 2 rings (SSSR count). The topological polar surface area (TPSA) is 96.5 Å². The van der Waals surface area contributed by atoms with Crippen LogP contribution < -0.4 is 20.7 Å². The first-order chi connectivity index (χ1) is 13.1.